The molecule has 0 saturated heterocycles. The highest BCUT2D eigenvalue weighted by Gasteiger charge is 2.28. The van der Waals surface area contributed by atoms with Crippen LogP contribution in [-0.4, -0.2) is 44.1 Å². The van der Waals surface area contributed by atoms with Crippen LogP contribution in [0.25, 0.3) is 0 Å². The minimum absolute atomic E-state index is 0.0397. The smallest absolute Gasteiger partial charge is 0.328 e. The van der Waals surface area contributed by atoms with Gasteiger partial charge < -0.3 is 19.7 Å². The predicted molar refractivity (Wildman–Crippen MR) is 92.3 cm³/mol. The molecule has 0 spiro atoms. The number of carbonyl (C=O) groups is 3. The van der Waals surface area contributed by atoms with Crippen molar-refractivity contribution in [3.8, 4) is 5.75 Å². The number of benzene rings is 1. The van der Waals surface area contributed by atoms with Crippen molar-refractivity contribution in [2.24, 2.45) is 5.92 Å². The second kappa shape index (κ2) is 8.50. The molecule has 1 N–H and O–H groups in total. The van der Waals surface area contributed by atoms with Crippen molar-refractivity contribution in [3.63, 3.8) is 0 Å². The summed E-state index contributed by atoms with van der Waals surface area (Å²) in [7, 11) is 1.30. The summed E-state index contributed by atoms with van der Waals surface area (Å²) in [5, 5.41) is 2.71. The van der Waals surface area contributed by atoms with E-state index in [4.69, 9.17) is 9.47 Å². The molecule has 136 valence electrons. The molecule has 0 saturated carbocycles. The van der Waals surface area contributed by atoms with Gasteiger partial charge in [0.1, 0.15) is 11.8 Å². The van der Waals surface area contributed by atoms with Gasteiger partial charge in [-0.1, -0.05) is 32.4 Å². The fourth-order valence-corrected chi connectivity index (χ4v) is 2.65. The summed E-state index contributed by atoms with van der Waals surface area (Å²) >= 11 is 0. The minimum Gasteiger partial charge on any atom is -0.482 e. The SMILES string of the molecule is CC[C@@H](C)[C@H](NC(=O)CCN1C(=O)COc2ccccc21)C(=O)OC. The molecule has 1 aliphatic heterocycles. The van der Waals surface area contributed by atoms with E-state index in [9.17, 15) is 14.4 Å². The lowest BCUT2D eigenvalue weighted by Gasteiger charge is -2.29. The Bertz CT molecular complexity index is 646. The first-order chi connectivity index (χ1) is 12.0. The van der Waals surface area contributed by atoms with Gasteiger partial charge in [-0.2, -0.15) is 0 Å². The number of methoxy groups -OCH3 is 1. The average molecular weight is 348 g/mol. The molecule has 1 aromatic carbocycles. The molecule has 1 aromatic rings. The van der Waals surface area contributed by atoms with Gasteiger partial charge in [0.15, 0.2) is 6.61 Å². The number of esters is 1. The number of para-hydroxylation sites is 2. The number of carbonyl (C=O) groups excluding carboxylic acids is 3. The lowest BCUT2D eigenvalue weighted by molar-refractivity contribution is -0.146. The van der Waals surface area contributed by atoms with E-state index in [0.717, 1.165) is 6.42 Å². The van der Waals surface area contributed by atoms with Gasteiger partial charge >= 0.3 is 5.97 Å². The van der Waals surface area contributed by atoms with E-state index in [2.05, 4.69) is 5.32 Å². The van der Waals surface area contributed by atoms with Crippen LogP contribution >= 0.6 is 0 Å². The average Bonchev–Trinajstić information content (AvgIpc) is 2.64. The molecule has 2 atom stereocenters. The number of nitrogens with one attached hydrogen (secondary N) is 1. The summed E-state index contributed by atoms with van der Waals surface area (Å²) in [6, 6.07) is 6.51. The first kappa shape index (κ1) is 18.8. The van der Waals surface area contributed by atoms with Crippen LogP contribution in [0.3, 0.4) is 0 Å². The van der Waals surface area contributed by atoms with Crippen molar-refractivity contribution < 1.29 is 23.9 Å². The summed E-state index contributed by atoms with van der Waals surface area (Å²) in [5.74, 6) is -0.377. The molecule has 0 radical (unpaired) electrons. The Kier molecular flexibility index (Phi) is 6.38. The van der Waals surface area contributed by atoms with Gasteiger partial charge in [-0.15, -0.1) is 0 Å². The maximum atomic E-state index is 12.3. The Morgan fingerprint density at radius 2 is 2.08 bits per heavy atom. The third-order valence-corrected chi connectivity index (χ3v) is 4.36. The standard InChI is InChI=1S/C18H24N2O5/c1-4-12(2)17(18(23)24-3)19-15(21)9-10-20-13-7-5-6-8-14(13)25-11-16(20)22/h5-8,12,17H,4,9-11H2,1-3H3,(H,19,21)/t12-,17+/m1/s1. The summed E-state index contributed by atoms with van der Waals surface area (Å²) in [5.41, 5.74) is 0.651. The van der Waals surface area contributed by atoms with Crippen LogP contribution in [0.4, 0.5) is 5.69 Å². The van der Waals surface area contributed by atoms with Crippen molar-refractivity contribution in [3.05, 3.63) is 24.3 Å². The van der Waals surface area contributed by atoms with Gasteiger partial charge in [0.05, 0.1) is 12.8 Å². The zero-order valence-electron chi connectivity index (χ0n) is 14.8. The normalized spacial score (nSPS) is 15.6. The first-order valence-electron chi connectivity index (χ1n) is 8.37. The van der Waals surface area contributed by atoms with Crippen LogP contribution in [0.15, 0.2) is 24.3 Å². The lowest BCUT2D eigenvalue weighted by atomic mass is 9.99. The lowest BCUT2D eigenvalue weighted by Crippen LogP contribution is -2.47. The monoisotopic (exact) mass is 348 g/mol. The maximum Gasteiger partial charge on any atom is 0.328 e. The molecule has 0 fully saturated rings. The van der Waals surface area contributed by atoms with Crippen molar-refractivity contribution in [1.82, 2.24) is 5.32 Å². The first-order valence-corrected chi connectivity index (χ1v) is 8.37. The molecule has 0 aliphatic carbocycles. The summed E-state index contributed by atoms with van der Waals surface area (Å²) in [6.45, 7) is 4.00. The highest BCUT2D eigenvalue weighted by atomic mass is 16.5. The van der Waals surface area contributed by atoms with Crippen LogP contribution in [-0.2, 0) is 19.1 Å². The summed E-state index contributed by atoms with van der Waals surface area (Å²) in [4.78, 5) is 37.8. The zero-order chi connectivity index (χ0) is 18.4. The highest BCUT2D eigenvalue weighted by molar-refractivity contribution is 5.98. The van der Waals surface area contributed by atoms with Crippen LogP contribution < -0.4 is 15.0 Å². The molecule has 7 nitrogen and oxygen atoms in total. The number of ether oxygens (including phenoxy) is 2. The Balaban J connectivity index is 1.99. The Morgan fingerprint density at radius 3 is 2.76 bits per heavy atom. The quantitative estimate of drug-likeness (QED) is 0.755. The predicted octanol–water partition coefficient (Wildman–Crippen LogP) is 1.51. The number of rotatable bonds is 7. The molecule has 0 bridgehead atoms. The fourth-order valence-electron chi connectivity index (χ4n) is 2.65. The number of amides is 2. The van der Waals surface area contributed by atoms with Crippen molar-refractivity contribution >= 4 is 23.5 Å². The summed E-state index contributed by atoms with van der Waals surface area (Å²) < 4.78 is 10.1. The molecule has 2 amide bonds. The topological polar surface area (TPSA) is 84.9 Å². The summed E-state index contributed by atoms with van der Waals surface area (Å²) in [6.07, 6.45) is 0.819. The van der Waals surface area contributed by atoms with Gasteiger partial charge in [-0.3, -0.25) is 9.59 Å². The highest BCUT2D eigenvalue weighted by Crippen LogP contribution is 2.31. The zero-order valence-corrected chi connectivity index (χ0v) is 14.8. The van der Waals surface area contributed by atoms with E-state index in [0.29, 0.717) is 11.4 Å². The Labute approximate surface area is 147 Å². The van der Waals surface area contributed by atoms with E-state index in [1.54, 1.807) is 12.1 Å². The molecule has 7 heteroatoms. The molecule has 25 heavy (non-hydrogen) atoms. The number of hydrogen-bond donors (Lipinski definition) is 1. The van der Waals surface area contributed by atoms with Gasteiger partial charge in [0, 0.05) is 13.0 Å². The molecule has 0 unspecified atom stereocenters. The van der Waals surface area contributed by atoms with Crippen LogP contribution in [0.1, 0.15) is 26.7 Å². The molecule has 2 rings (SSSR count). The van der Waals surface area contributed by atoms with Gasteiger partial charge in [0.25, 0.3) is 5.91 Å². The molecule has 1 aliphatic rings. The van der Waals surface area contributed by atoms with Crippen LogP contribution in [0.2, 0.25) is 0 Å². The van der Waals surface area contributed by atoms with E-state index >= 15 is 0 Å². The van der Waals surface area contributed by atoms with E-state index in [1.165, 1.54) is 12.0 Å². The van der Waals surface area contributed by atoms with E-state index in [-0.39, 0.29) is 37.3 Å². The third kappa shape index (κ3) is 4.49. The van der Waals surface area contributed by atoms with Crippen molar-refractivity contribution in [2.75, 3.05) is 25.2 Å². The van der Waals surface area contributed by atoms with Gasteiger partial charge in [-0.05, 0) is 18.1 Å². The van der Waals surface area contributed by atoms with E-state index in [1.807, 2.05) is 26.0 Å². The minimum atomic E-state index is -0.685. The molecular formula is C18H24N2O5. The fraction of sp³-hybridized carbons (Fsp3) is 0.500. The Hall–Kier alpha value is -2.57. The van der Waals surface area contributed by atoms with Crippen LogP contribution in [0.5, 0.6) is 5.75 Å². The number of nitrogens with zero attached hydrogens (tertiary/aromatic N) is 1. The van der Waals surface area contributed by atoms with Crippen molar-refractivity contribution in [1.29, 1.82) is 0 Å². The second-order valence-corrected chi connectivity index (χ2v) is 6.01. The second-order valence-electron chi connectivity index (χ2n) is 6.01. The van der Waals surface area contributed by atoms with E-state index < -0.39 is 12.0 Å². The van der Waals surface area contributed by atoms with Gasteiger partial charge in [-0.25, -0.2) is 4.79 Å². The molecular weight excluding hydrogens is 324 g/mol. The maximum absolute atomic E-state index is 12.3. The number of anilines is 1. The number of fused-ring (bicyclic) bond motifs is 1. The molecule has 0 aromatic heterocycles. The van der Waals surface area contributed by atoms with Crippen molar-refractivity contribution in [2.45, 2.75) is 32.7 Å². The Morgan fingerprint density at radius 1 is 1.36 bits per heavy atom. The van der Waals surface area contributed by atoms with Crippen LogP contribution in [0, 0.1) is 5.92 Å². The number of hydrogen-bond acceptors (Lipinski definition) is 5. The third-order valence-electron chi connectivity index (χ3n) is 4.36. The molecule has 1 heterocycles. The van der Waals surface area contributed by atoms with Gasteiger partial charge in [0.2, 0.25) is 5.91 Å². The largest absolute Gasteiger partial charge is 0.482 e.